The van der Waals surface area contributed by atoms with Gasteiger partial charge in [-0.25, -0.2) is 0 Å². The molecular weight excluding hydrogens is 294 g/mol. The zero-order valence-corrected chi connectivity index (χ0v) is 14.2. The van der Waals surface area contributed by atoms with Crippen LogP contribution < -0.4 is 0 Å². The van der Waals surface area contributed by atoms with Crippen LogP contribution in [0.1, 0.15) is 49.1 Å². The molecule has 2 aromatic rings. The van der Waals surface area contributed by atoms with Gasteiger partial charge in [-0.2, -0.15) is 0 Å². The molecule has 0 unspecified atom stereocenters. The van der Waals surface area contributed by atoms with E-state index in [-0.39, 0.29) is 5.92 Å². The average Bonchev–Trinajstić information content (AvgIpc) is 2.97. The van der Waals surface area contributed by atoms with E-state index in [0.29, 0.717) is 12.2 Å². The highest BCUT2D eigenvalue weighted by atomic mass is 16.1. The van der Waals surface area contributed by atoms with E-state index in [4.69, 9.17) is 0 Å². The highest BCUT2D eigenvalue weighted by Gasteiger charge is 2.32. The first-order chi connectivity index (χ1) is 11.8. The van der Waals surface area contributed by atoms with E-state index in [2.05, 4.69) is 53.4 Å². The summed E-state index contributed by atoms with van der Waals surface area (Å²) in [5.74, 6) is 0.322. The number of hydrogen-bond donors (Lipinski definition) is 0. The summed E-state index contributed by atoms with van der Waals surface area (Å²) in [5, 5.41) is 0. The van der Waals surface area contributed by atoms with Gasteiger partial charge in [-0.3, -0.25) is 4.79 Å². The molecule has 0 aromatic heterocycles. The first-order valence-electron chi connectivity index (χ1n) is 9.28. The number of carbonyl (C=O) groups excluding carboxylic acids is 1. The van der Waals surface area contributed by atoms with E-state index in [1.165, 1.54) is 54.6 Å². The predicted molar refractivity (Wildman–Crippen MR) is 98.3 cm³/mol. The van der Waals surface area contributed by atoms with Gasteiger partial charge in [0.1, 0.15) is 5.78 Å². The van der Waals surface area contributed by atoms with Gasteiger partial charge in [-0.15, -0.1) is 0 Å². The van der Waals surface area contributed by atoms with Crippen LogP contribution in [0, 0.1) is 0 Å². The molecular formula is C22H25NO. The smallest absolute Gasteiger partial charge is 0.144 e. The summed E-state index contributed by atoms with van der Waals surface area (Å²) in [5.41, 5.74) is 4.87. The quantitative estimate of drug-likeness (QED) is 0.800. The molecule has 0 spiro atoms. The third kappa shape index (κ3) is 2.91. The zero-order chi connectivity index (χ0) is 16.4. The third-order valence-electron chi connectivity index (χ3n) is 5.50. The van der Waals surface area contributed by atoms with Gasteiger partial charge in [-0.1, -0.05) is 55.0 Å². The van der Waals surface area contributed by atoms with Crippen molar-refractivity contribution in [3.05, 3.63) is 59.7 Å². The summed E-state index contributed by atoms with van der Waals surface area (Å²) in [6.45, 7) is 3.49. The Labute approximate surface area is 144 Å². The van der Waals surface area contributed by atoms with Gasteiger partial charge in [0.05, 0.1) is 5.92 Å². The van der Waals surface area contributed by atoms with Crippen molar-refractivity contribution < 1.29 is 4.79 Å². The molecule has 0 bridgehead atoms. The highest BCUT2D eigenvalue weighted by Crippen LogP contribution is 2.45. The van der Waals surface area contributed by atoms with E-state index in [9.17, 15) is 4.79 Å². The number of ketones is 1. The summed E-state index contributed by atoms with van der Waals surface area (Å²) in [7, 11) is 0. The molecule has 1 aliphatic carbocycles. The lowest BCUT2D eigenvalue weighted by atomic mass is 9.90. The Bertz CT molecular complexity index is 685. The topological polar surface area (TPSA) is 20.3 Å². The zero-order valence-electron chi connectivity index (χ0n) is 14.2. The minimum atomic E-state index is -0.0567. The molecule has 2 heteroatoms. The maximum Gasteiger partial charge on any atom is 0.144 e. The number of nitrogens with zero attached hydrogens (tertiary/aromatic N) is 1. The Morgan fingerprint density at radius 3 is 2.08 bits per heavy atom. The average molecular weight is 319 g/mol. The van der Waals surface area contributed by atoms with Crippen LogP contribution in [0.25, 0.3) is 11.1 Å². The molecule has 0 atom stereocenters. The van der Waals surface area contributed by atoms with Crippen molar-refractivity contribution in [3.63, 3.8) is 0 Å². The van der Waals surface area contributed by atoms with E-state index in [1.807, 2.05) is 0 Å². The molecule has 1 saturated heterocycles. The van der Waals surface area contributed by atoms with Crippen LogP contribution in [0.4, 0.5) is 0 Å². The van der Waals surface area contributed by atoms with Crippen molar-refractivity contribution in [1.29, 1.82) is 0 Å². The van der Waals surface area contributed by atoms with Crippen molar-refractivity contribution in [2.75, 3.05) is 19.6 Å². The number of piperidine rings is 1. The van der Waals surface area contributed by atoms with Crippen LogP contribution in [-0.4, -0.2) is 30.3 Å². The van der Waals surface area contributed by atoms with Crippen molar-refractivity contribution in [3.8, 4) is 11.1 Å². The van der Waals surface area contributed by atoms with Crippen LogP contribution in [0.5, 0.6) is 0 Å². The van der Waals surface area contributed by atoms with Crippen molar-refractivity contribution in [1.82, 2.24) is 4.90 Å². The molecule has 0 radical (unpaired) electrons. The van der Waals surface area contributed by atoms with Crippen molar-refractivity contribution in [2.45, 2.75) is 38.0 Å². The lowest BCUT2D eigenvalue weighted by Crippen LogP contribution is -2.31. The molecule has 24 heavy (non-hydrogen) atoms. The Balaban J connectivity index is 1.48. The minimum absolute atomic E-state index is 0.0567. The van der Waals surface area contributed by atoms with Gasteiger partial charge in [0.25, 0.3) is 0 Å². The maximum atomic E-state index is 13.0. The number of likely N-dealkylation sites (tertiary alicyclic amines) is 1. The summed E-state index contributed by atoms with van der Waals surface area (Å²) in [4.78, 5) is 15.5. The summed E-state index contributed by atoms with van der Waals surface area (Å²) < 4.78 is 0. The number of Topliss-reactive ketones (excluding diaryl/α,β-unsaturated/α-hetero) is 1. The van der Waals surface area contributed by atoms with Gasteiger partial charge in [0.15, 0.2) is 0 Å². The fourth-order valence-corrected chi connectivity index (χ4v) is 4.31. The van der Waals surface area contributed by atoms with Crippen LogP contribution in [0.3, 0.4) is 0 Å². The Morgan fingerprint density at radius 1 is 0.875 bits per heavy atom. The molecule has 0 N–H and O–H groups in total. The molecule has 0 saturated carbocycles. The second-order valence-corrected chi connectivity index (χ2v) is 7.08. The summed E-state index contributed by atoms with van der Waals surface area (Å²) >= 11 is 0. The lowest BCUT2D eigenvalue weighted by Gasteiger charge is -2.26. The second kappa shape index (κ2) is 6.90. The third-order valence-corrected chi connectivity index (χ3v) is 5.50. The molecule has 4 rings (SSSR count). The molecule has 2 nitrogen and oxygen atoms in total. The summed E-state index contributed by atoms with van der Waals surface area (Å²) in [6.07, 6.45) is 5.67. The van der Waals surface area contributed by atoms with Crippen molar-refractivity contribution >= 4 is 5.78 Å². The molecule has 0 amide bonds. The molecule has 124 valence electrons. The maximum absolute atomic E-state index is 13.0. The van der Waals surface area contributed by atoms with Gasteiger partial charge in [0, 0.05) is 6.42 Å². The largest absolute Gasteiger partial charge is 0.303 e. The summed E-state index contributed by atoms with van der Waals surface area (Å²) in [6, 6.07) is 16.8. The van der Waals surface area contributed by atoms with Crippen LogP contribution in [0.15, 0.2) is 48.5 Å². The Kier molecular flexibility index (Phi) is 4.48. The SMILES string of the molecule is O=C(CCCN1CCCCC1)C1c2ccccc2-c2ccccc21. The van der Waals surface area contributed by atoms with E-state index in [0.717, 1.165) is 13.0 Å². The molecule has 1 aliphatic heterocycles. The minimum Gasteiger partial charge on any atom is -0.303 e. The Morgan fingerprint density at radius 2 is 1.46 bits per heavy atom. The first kappa shape index (κ1) is 15.6. The van der Waals surface area contributed by atoms with Gasteiger partial charge in [-0.05, 0) is 61.2 Å². The number of hydrogen-bond acceptors (Lipinski definition) is 2. The second-order valence-electron chi connectivity index (χ2n) is 7.08. The number of benzene rings is 2. The van der Waals surface area contributed by atoms with Gasteiger partial charge >= 0.3 is 0 Å². The molecule has 1 fully saturated rings. The van der Waals surface area contributed by atoms with E-state index < -0.39 is 0 Å². The van der Waals surface area contributed by atoms with Crippen molar-refractivity contribution in [2.24, 2.45) is 0 Å². The number of rotatable bonds is 5. The fraction of sp³-hybridized carbons (Fsp3) is 0.409. The highest BCUT2D eigenvalue weighted by molar-refractivity contribution is 5.97. The molecule has 2 aromatic carbocycles. The lowest BCUT2D eigenvalue weighted by molar-refractivity contribution is -0.119. The van der Waals surface area contributed by atoms with Crippen LogP contribution >= 0.6 is 0 Å². The van der Waals surface area contributed by atoms with Crippen LogP contribution in [0.2, 0.25) is 0 Å². The standard InChI is InChI=1S/C22H25NO/c24-21(13-8-16-23-14-6-1-7-15-23)22-19-11-4-2-9-17(19)18-10-3-5-12-20(18)22/h2-5,9-12,22H,1,6-8,13-16H2. The van der Waals surface area contributed by atoms with E-state index in [1.54, 1.807) is 0 Å². The normalized spacial score (nSPS) is 17.5. The predicted octanol–water partition coefficient (Wildman–Crippen LogP) is 4.63. The molecule has 2 aliphatic rings. The first-order valence-corrected chi connectivity index (χ1v) is 9.28. The van der Waals surface area contributed by atoms with Gasteiger partial charge < -0.3 is 4.90 Å². The Hall–Kier alpha value is -1.93. The number of carbonyl (C=O) groups is 1. The van der Waals surface area contributed by atoms with E-state index >= 15 is 0 Å². The van der Waals surface area contributed by atoms with Crippen LogP contribution in [-0.2, 0) is 4.79 Å². The number of fused-ring (bicyclic) bond motifs is 3. The monoisotopic (exact) mass is 319 g/mol. The van der Waals surface area contributed by atoms with Gasteiger partial charge in [0.2, 0.25) is 0 Å². The molecule has 1 heterocycles. The fourth-order valence-electron chi connectivity index (χ4n) is 4.31.